The van der Waals surface area contributed by atoms with E-state index < -0.39 is 5.97 Å². The number of amides is 1. The molecule has 1 aliphatic rings. The van der Waals surface area contributed by atoms with E-state index in [1.54, 1.807) is 0 Å². The molecule has 1 heterocycles. The largest absolute Gasteiger partial charge is 0.480 e. The van der Waals surface area contributed by atoms with Crippen molar-refractivity contribution in [3.05, 3.63) is 29.8 Å². The Morgan fingerprint density at radius 3 is 2.89 bits per heavy atom. The van der Waals surface area contributed by atoms with Crippen LogP contribution in [-0.2, 0) is 16.0 Å². The van der Waals surface area contributed by atoms with E-state index in [-0.39, 0.29) is 25.0 Å². The summed E-state index contributed by atoms with van der Waals surface area (Å²) >= 11 is 0. The summed E-state index contributed by atoms with van der Waals surface area (Å²) in [5.74, 6) is -1.29. The molecule has 0 fully saturated rings. The van der Waals surface area contributed by atoms with Crippen LogP contribution in [0, 0.1) is 0 Å². The molecule has 0 aliphatic carbocycles. The minimum Gasteiger partial charge on any atom is -0.480 e. The lowest BCUT2D eigenvalue weighted by Gasteiger charge is -2.23. The fourth-order valence-electron chi connectivity index (χ4n) is 2.26. The Hall–Kier alpha value is -2.04. The first-order valence-corrected chi connectivity index (χ1v) is 5.91. The number of carbonyl (C=O) groups is 2. The number of nitrogens with zero attached hydrogens (tertiary/aromatic N) is 1. The van der Waals surface area contributed by atoms with Crippen molar-refractivity contribution in [2.75, 3.05) is 18.0 Å². The Labute approximate surface area is 105 Å². The van der Waals surface area contributed by atoms with Crippen molar-refractivity contribution < 1.29 is 14.7 Å². The Kier molecular flexibility index (Phi) is 3.50. The monoisotopic (exact) mass is 248 g/mol. The van der Waals surface area contributed by atoms with Gasteiger partial charge in [-0.3, -0.25) is 9.59 Å². The van der Waals surface area contributed by atoms with E-state index in [2.05, 4.69) is 18.3 Å². The number of rotatable bonds is 4. The van der Waals surface area contributed by atoms with Crippen molar-refractivity contribution in [3.63, 3.8) is 0 Å². The number of carbonyl (C=O) groups excluding carboxylic acids is 1. The predicted octanol–water partition coefficient (Wildman–Crippen LogP) is 0.638. The molecule has 5 heteroatoms. The average Bonchev–Trinajstić information content (AvgIpc) is 2.64. The Balaban J connectivity index is 2.01. The van der Waals surface area contributed by atoms with Gasteiger partial charge in [0.25, 0.3) is 0 Å². The zero-order chi connectivity index (χ0) is 13.1. The van der Waals surface area contributed by atoms with E-state index in [0.29, 0.717) is 0 Å². The molecular weight excluding hydrogens is 232 g/mol. The molecule has 2 N–H and O–H groups in total. The summed E-state index contributed by atoms with van der Waals surface area (Å²) < 4.78 is 0. The van der Waals surface area contributed by atoms with Crippen LogP contribution in [0.4, 0.5) is 5.69 Å². The Morgan fingerprint density at radius 2 is 2.17 bits per heavy atom. The first-order chi connectivity index (χ1) is 8.58. The van der Waals surface area contributed by atoms with Gasteiger partial charge in [0.15, 0.2) is 0 Å². The first kappa shape index (κ1) is 12.4. The lowest BCUT2D eigenvalue weighted by molar-refractivity contribution is -0.137. The third kappa shape index (κ3) is 2.61. The summed E-state index contributed by atoms with van der Waals surface area (Å²) in [7, 11) is 0. The lowest BCUT2D eigenvalue weighted by atomic mass is 10.1. The molecule has 0 saturated carbocycles. The summed E-state index contributed by atoms with van der Waals surface area (Å²) in [6, 6.07) is 8.24. The highest BCUT2D eigenvalue weighted by molar-refractivity contribution is 5.85. The fraction of sp³-hybridized carbons (Fsp3) is 0.385. The number of fused-ring (bicyclic) bond motifs is 1. The molecular formula is C13H16N2O3. The highest BCUT2D eigenvalue weighted by Gasteiger charge is 2.26. The van der Waals surface area contributed by atoms with Gasteiger partial charge >= 0.3 is 5.97 Å². The van der Waals surface area contributed by atoms with Gasteiger partial charge in [-0.1, -0.05) is 18.2 Å². The van der Waals surface area contributed by atoms with Crippen LogP contribution in [0.25, 0.3) is 0 Å². The molecule has 5 nitrogen and oxygen atoms in total. The highest BCUT2D eigenvalue weighted by atomic mass is 16.4. The standard InChI is InChI=1S/C13H16N2O3/c1-9-6-10-4-2-3-5-11(10)15(9)8-12(16)14-7-13(17)18/h2-5,9H,6-8H2,1H3,(H,14,16)(H,17,18). The fourth-order valence-corrected chi connectivity index (χ4v) is 2.26. The van der Waals surface area contributed by atoms with Crippen molar-refractivity contribution in [1.82, 2.24) is 5.32 Å². The van der Waals surface area contributed by atoms with Gasteiger partial charge in [0.05, 0.1) is 6.54 Å². The predicted molar refractivity (Wildman–Crippen MR) is 67.6 cm³/mol. The summed E-state index contributed by atoms with van der Waals surface area (Å²) in [4.78, 5) is 24.0. The van der Waals surface area contributed by atoms with Gasteiger partial charge in [-0.05, 0) is 25.0 Å². The average molecular weight is 248 g/mol. The number of para-hydroxylation sites is 1. The summed E-state index contributed by atoms with van der Waals surface area (Å²) in [6.45, 7) is 1.93. The molecule has 96 valence electrons. The van der Waals surface area contributed by atoms with Crippen LogP contribution in [-0.4, -0.2) is 36.1 Å². The number of carboxylic acids is 1. The van der Waals surface area contributed by atoms with Crippen LogP contribution in [0.3, 0.4) is 0 Å². The van der Waals surface area contributed by atoms with E-state index in [0.717, 1.165) is 12.1 Å². The molecule has 18 heavy (non-hydrogen) atoms. The molecule has 2 rings (SSSR count). The maximum Gasteiger partial charge on any atom is 0.322 e. The minimum absolute atomic E-state index is 0.200. The second-order valence-electron chi connectivity index (χ2n) is 4.48. The summed E-state index contributed by atoms with van der Waals surface area (Å²) in [5.41, 5.74) is 2.30. The molecule has 0 spiro atoms. The van der Waals surface area contributed by atoms with Crippen LogP contribution in [0.2, 0.25) is 0 Å². The van der Waals surface area contributed by atoms with Gasteiger partial charge in [-0.25, -0.2) is 0 Å². The molecule has 1 amide bonds. The lowest BCUT2D eigenvalue weighted by Crippen LogP contribution is -2.41. The molecule has 0 aromatic heterocycles. The zero-order valence-corrected chi connectivity index (χ0v) is 10.2. The second-order valence-corrected chi connectivity index (χ2v) is 4.48. The Morgan fingerprint density at radius 1 is 1.44 bits per heavy atom. The normalized spacial score (nSPS) is 17.4. The number of hydrogen-bond acceptors (Lipinski definition) is 3. The molecule has 1 unspecified atom stereocenters. The van der Waals surface area contributed by atoms with Gasteiger partial charge in [0, 0.05) is 11.7 Å². The number of benzene rings is 1. The zero-order valence-electron chi connectivity index (χ0n) is 10.2. The molecule has 1 aromatic rings. The van der Waals surface area contributed by atoms with Crippen LogP contribution in [0.5, 0.6) is 0 Å². The van der Waals surface area contributed by atoms with Crippen molar-refractivity contribution in [2.24, 2.45) is 0 Å². The van der Waals surface area contributed by atoms with Gasteiger partial charge in [-0.15, -0.1) is 0 Å². The molecule has 0 saturated heterocycles. The second kappa shape index (κ2) is 5.08. The van der Waals surface area contributed by atoms with Gasteiger partial charge in [-0.2, -0.15) is 0 Å². The van der Waals surface area contributed by atoms with E-state index in [1.807, 2.05) is 23.1 Å². The third-order valence-corrected chi connectivity index (χ3v) is 3.10. The van der Waals surface area contributed by atoms with Gasteiger partial charge < -0.3 is 15.3 Å². The maximum atomic E-state index is 11.6. The number of nitrogens with one attached hydrogen (secondary N) is 1. The Bertz CT molecular complexity index is 473. The number of aliphatic carboxylic acids is 1. The third-order valence-electron chi connectivity index (χ3n) is 3.10. The van der Waals surface area contributed by atoms with Crippen LogP contribution < -0.4 is 10.2 Å². The molecule has 1 atom stereocenters. The van der Waals surface area contributed by atoms with Gasteiger partial charge in [0.2, 0.25) is 5.91 Å². The molecule has 1 aliphatic heterocycles. The molecule has 1 aromatic carbocycles. The SMILES string of the molecule is CC1Cc2ccccc2N1CC(=O)NCC(=O)O. The van der Waals surface area contributed by atoms with Crippen molar-refractivity contribution >= 4 is 17.6 Å². The van der Waals surface area contributed by atoms with E-state index in [1.165, 1.54) is 5.56 Å². The summed E-state index contributed by atoms with van der Waals surface area (Å²) in [6.07, 6.45) is 0.919. The molecule has 0 radical (unpaired) electrons. The van der Waals surface area contributed by atoms with Gasteiger partial charge in [0.1, 0.15) is 6.54 Å². The van der Waals surface area contributed by atoms with Crippen molar-refractivity contribution in [2.45, 2.75) is 19.4 Å². The maximum absolute atomic E-state index is 11.6. The van der Waals surface area contributed by atoms with Crippen LogP contribution in [0.15, 0.2) is 24.3 Å². The first-order valence-electron chi connectivity index (χ1n) is 5.91. The van der Waals surface area contributed by atoms with Crippen LogP contribution in [0.1, 0.15) is 12.5 Å². The number of carboxylic acid groups (broad SMARTS) is 1. The quantitative estimate of drug-likeness (QED) is 0.820. The minimum atomic E-state index is -1.03. The topological polar surface area (TPSA) is 69.6 Å². The highest BCUT2D eigenvalue weighted by Crippen LogP contribution is 2.31. The number of anilines is 1. The summed E-state index contributed by atoms with van der Waals surface area (Å²) in [5, 5.41) is 10.9. The molecule has 0 bridgehead atoms. The van der Waals surface area contributed by atoms with Crippen molar-refractivity contribution in [3.8, 4) is 0 Å². The van der Waals surface area contributed by atoms with Crippen LogP contribution >= 0.6 is 0 Å². The van der Waals surface area contributed by atoms with E-state index in [4.69, 9.17) is 5.11 Å². The van der Waals surface area contributed by atoms with E-state index in [9.17, 15) is 9.59 Å². The number of hydrogen-bond donors (Lipinski definition) is 2. The smallest absolute Gasteiger partial charge is 0.322 e. The van der Waals surface area contributed by atoms with E-state index >= 15 is 0 Å². The van der Waals surface area contributed by atoms with Crippen molar-refractivity contribution in [1.29, 1.82) is 0 Å².